The highest BCUT2D eigenvalue weighted by atomic mass is 16.5. The second-order valence-corrected chi connectivity index (χ2v) is 15.1. The number of furan rings is 1. The molecule has 1 aromatic heterocycles. The third-order valence-corrected chi connectivity index (χ3v) is 11.8. The molecule has 2 heterocycles. The predicted molar refractivity (Wildman–Crippen MR) is 236 cm³/mol. The summed E-state index contributed by atoms with van der Waals surface area (Å²) in [6.07, 6.45) is 13.0. The Bertz CT molecular complexity index is 2910. The van der Waals surface area contributed by atoms with Gasteiger partial charge in [0.25, 0.3) is 0 Å². The quantitative estimate of drug-likeness (QED) is 0.163. The van der Waals surface area contributed by atoms with Gasteiger partial charge < -0.3 is 14.1 Å². The van der Waals surface area contributed by atoms with E-state index in [9.17, 15) is 0 Å². The maximum atomic E-state index is 6.53. The van der Waals surface area contributed by atoms with Crippen LogP contribution >= 0.6 is 0 Å². The van der Waals surface area contributed by atoms with E-state index in [4.69, 9.17) is 9.15 Å². The molecule has 11 rings (SSSR count). The summed E-state index contributed by atoms with van der Waals surface area (Å²) in [7, 11) is 0. The second kappa shape index (κ2) is 13.9. The molecule has 0 fully saturated rings. The zero-order valence-corrected chi connectivity index (χ0v) is 31.4. The Kier molecular flexibility index (Phi) is 8.10. The molecule has 0 radical (unpaired) electrons. The molecular weight excluding hydrogens is 695 g/mol. The molecule has 272 valence electrons. The fourth-order valence-corrected chi connectivity index (χ4v) is 8.93. The number of allylic oxidation sites excluding steroid dienone is 6. The van der Waals surface area contributed by atoms with Gasteiger partial charge in [0.2, 0.25) is 0 Å². The van der Waals surface area contributed by atoms with Gasteiger partial charge in [-0.05, 0) is 88.7 Å². The number of fused-ring (bicyclic) bond motifs is 6. The zero-order valence-electron chi connectivity index (χ0n) is 31.4. The summed E-state index contributed by atoms with van der Waals surface area (Å²) < 4.78 is 13.0. The topological polar surface area (TPSA) is 25.6 Å². The van der Waals surface area contributed by atoms with Crippen LogP contribution in [0.15, 0.2) is 210 Å². The van der Waals surface area contributed by atoms with Gasteiger partial charge in [-0.15, -0.1) is 0 Å². The average Bonchev–Trinajstić information content (AvgIpc) is 3.87. The maximum absolute atomic E-state index is 6.53. The molecule has 0 spiro atoms. The summed E-state index contributed by atoms with van der Waals surface area (Å²) in [5, 5.41) is 2.32. The minimum Gasteiger partial charge on any atom is -0.484 e. The van der Waals surface area contributed by atoms with E-state index < -0.39 is 0 Å². The number of benzene rings is 7. The van der Waals surface area contributed by atoms with Crippen LogP contribution in [0.3, 0.4) is 0 Å². The van der Waals surface area contributed by atoms with Gasteiger partial charge in [-0.3, -0.25) is 0 Å². The van der Waals surface area contributed by atoms with Crippen LogP contribution in [0.4, 0.5) is 11.4 Å². The Hall–Kier alpha value is -7.10. The molecule has 2 atom stereocenters. The molecule has 3 aliphatic rings. The summed E-state index contributed by atoms with van der Waals surface area (Å²) in [5.74, 6) is 1.10. The number of nitrogens with zero attached hydrogens (tertiary/aromatic N) is 1. The molecule has 2 aliphatic carbocycles. The first kappa shape index (κ1) is 33.3. The highest BCUT2D eigenvalue weighted by molar-refractivity contribution is 6.08. The van der Waals surface area contributed by atoms with Gasteiger partial charge in [0, 0.05) is 50.5 Å². The highest BCUT2D eigenvalue weighted by Gasteiger charge is 2.36. The number of anilines is 2. The van der Waals surface area contributed by atoms with Gasteiger partial charge in [0.15, 0.2) is 0 Å². The monoisotopic (exact) mass is 733 g/mol. The average molecular weight is 734 g/mol. The first-order valence-electron chi connectivity index (χ1n) is 19.9. The van der Waals surface area contributed by atoms with Crippen LogP contribution in [0, 0.1) is 0 Å². The SMILES string of the molecule is C1=CC(c2ccc(N(C3=CC=C(c4cccc5c4oc4ccccc45)CC3)c3ccc(-c4ccc(-c5ccccc5)cc4)cc3)cc2)C2Oc3ccccc3C2=C1. The van der Waals surface area contributed by atoms with Crippen LogP contribution in [0.1, 0.15) is 35.4 Å². The summed E-state index contributed by atoms with van der Waals surface area (Å²) in [5.41, 5.74) is 16.4. The number of rotatable bonds is 7. The van der Waals surface area contributed by atoms with Crippen molar-refractivity contribution in [1.29, 1.82) is 0 Å². The van der Waals surface area contributed by atoms with Gasteiger partial charge in [0.05, 0.1) is 0 Å². The van der Waals surface area contributed by atoms with Crippen molar-refractivity contribution < 1.29 is 9.15 Å². The fourth-order valence-electron chi connectivity index (χ4n) is 8.93. The second-order valence-electron chi connectivity index (χ2n) is 15.1. The molecular formula is C54H39NO2. The Morgan fingerprint density at radius 3 is 1.88 bits per heavy atom. The zero-order chi connectivity index (χ0) is 37.7. The lowest BCUT2D eigenvalue weighted by molar-refractivity contribution is 0.258. The molecule has 2 unspecified atom stereocenters. The Morgan fingerprint density at radius 2 is 1.12 bits per heavy atom. The third kappa shape index (κ3) is 5.91. The van der Waals surface area contributed by atoms with Crippen molar-refractivity contribution in [2.75, 3.05) is 4.90 Å². The van der Waals surface area contributed by atoms with Crippen molar-refractivity contribution in [2.24, 2.45) is 0 Å². The third-order valence-electron chi connectivity index (χ3n) is 11.8. The molecule has 3 heteroatoms. The first-order chi connectivity index (χ1) is 28.2. The van der Waals surface area contributed by atoms with Crippen molar-refractivity contribution in [3.63, 3.8) is 0 Å². The number of para-hydroxylation sites is 3. The number of hydrogen-bond acceptors (Lipinski definition) is 3. The van der Waals surface area contributed by atoms with E-state index >= 15 is 0 Å². The minimum atomic E-state index is -0.0236. The first-order valence-corrected chi connectivity index (χ1v) is 19.9. The van der Waals surface area contributed by atoms with Crippen molar-refractivity contribution in [2.45, 2.75) is 24.9 Å². The summed E-state index contributed by atoms with van der Waals surface area (Å²) in [6.45, 7) is 0. The van der Waals surface area contributed by atoms with Crippen molar-refractivity contribution in [3.05, 3.63) is 223 Å². The van der Waals surface area contributed by atoms with E-state index in [0.29, 0.717) is 0 Å². The Morgan fingerprint density at radius 1 is 0.491 bits per heavy atom. The molecule has 0 amide bonds. The van der Waals surface area contributed by atoms with E-state index in [1.165, 1.54) is 55.8 Å². The summed E-state index contributed by atoms with van der Waals surface area (Å²) in [6, 6.07) is 60.7. The van der Waals surface area contributed by atoms with E-state index in [0.717, 1.165) is 51.9 Å². The van der Waals surface area contributed by atoms with Crippen LogP contribution < -0.4 is 9.64 Å². The minimum absolute atomic E-state index is 0.0236. The largest absolute Gasteiger partial charge is 0.484 e. The molecule has 0 saturated carbocycles. The normalized spacial score (nSPS) is 17.0. The predicted octanol–water partition coefficient (Wildman–Crippen LogP) is 14.3. The molecule has 0 saturated heterocycles. The van der Waals surface area contributed by atoms with Crippen LogP contribution in [-0.4, -0.2) is 6.10 Å². The standard InChI is InChI=1S/C54H39NO2/c1-2-10-36(11-3-1)37-20-22-38(23-21-37)39-24-30-42(31-25-39)55(43-32-26-40(27-33-43)45-14-8-16-49-47-12-4-6-18-51(47)56-53(45)49)44-34-28-41(29-35-44)46-15-9-17-50-48-13-5-7-19-52(48)57-54(46)50/h1-28,30-34,45,53H,29,35H2. The maximum Gasteiger partial charge on any atom is 0.142 e. The Labute approximate surface area is 332 Å². The van der Waals surface area contributed by atoms with E-state index in [1.807, 2.05) is 12.1 Å². The van der Waals surface area contributed by atoms with E-state index in [1.54, 1.807) is 0 Å². The Balaban J connectivity index is 0.935. The van der Waals surface area contributed by atoms with E-state index in [2.05, 4.69) is 193 Å². The molecule has 7 aromatic carbocycles. The summed E-state index contributed by atoms with van der Waals surface area (Å²) in [4.78, 5) is 2.42. The van der Waals surface area contributed by atoms with Crippen LogP contribution in [0.25, 0.3) is 55.3 Å². The number of hydrogen-bond donors (Lipinski definition) is 0. The molecule has 1 aliphatic heterocycles. The van der Waals surface area contributed by atoms with Crippen molar-refractivity contribution in [3.8, 4) is 28.0 Å². The lowest BCUT2D eigenvalue weighted by Crippen LogP contribution is -2.23. The molecule has 0 N–H and O–H groups in total. The van der Waals surface area contributed by atoms with Gasteiger partial charge in [-0.1, -0.05) is 158 Å². The van der Waals surface area contributed by atoms with Gasteiger partial charge >= 0.3 is 0 Å². The van der Waals surface area contributed by atoms with Gasteiger partial charge in [-0.25, -0.2) is 0 Å². The van der Waals surface area contributed by atoms with Crippen LogP contribution in [-0.2, 0) is 0 Å². The van der Waals surface area contributed by atoms with Crippen LogP contribution in [0.2, 0.25) is 0 Å². The number of ether oxygens (including phenoxy) is 1. The summed E-state index contributed by atoms with van der Waals surface area (Å²) >= 11 is 0. The van der Waals surface area contributed by atoms with Gasteiger partial charge in [0.1, 0.15) is 23.0 Å². The fraction of sp³-hybridized carbons (Fsp3) is 0.0741. The lowest BCUT2D eigenvalue weighted by atomic mass is 9.84. The molecule has 8 aromatic rings. The smallest absolute Gasteiger partial charge is 0.142 e. The molecule has 57 heavy (non-hydrogen) atoms. The highest BCUT2D eigenvalue weighted by Crippen LogP contribution is 2.46. The van der Waals surface area contributed by atoms with Gasteiger partial charge in [-0.2, -0.15) is 0 Å². The van der Waals surface area contributed by atoms with Crippen LogP contribution in [0.5, 0.6) is 5.75 Å². The van der Waals surface area contributed by atoms with E-state index in [-0.39, 0.29) is 12.0 Å². The van der Waals surface area contributed by atoms with Crippen molar-refractivity contribution in [1.82, 2.24) is 0 Å². The molecule has 3 nitrogen and oxygen atoms in total. The van der Waals surface area contributed by atoms with Crippen molar-refractivity contribution >= 4 is 44.5 Å². The molecule has 0 bridgehead atoms. The lowest BCUT2D eigenvalue weighted by Gasteiger charge is -2.31.